The third-order valence-electron chi connectivity index (χ3n) is 3.01. The quantitative estimate of drug-likeness (QED) is 0.714. The molecule has 0 aliphatic carbocycles. The van der Waals surface area contributed by atoms with Crippen LogP contribution >= 0.6 is 0 Å². The Morgan fingerprint density at radius 1 is 1.05 bits per heavy atom. The van der Waals surface area contributed by atoms with Crippen LogP contribution in [0.25, 0.3) is 11.1 Å². The number of benzene rings is 2. The first-order valence-electron chi connectivity index (χ1n) is 5.58. The molecule has 5 heteroatoms. The van der Waals surface area contributed by atoms with Crippen LogP contribution in [0.3, 0.4) is 0 Å². The van der Waals surface area contributed by atoms with E-state index in [2.05, 4.69) is 0 Å². The molecule has 0 amide bonds. The summed E-state index contributed by atoms with van der Waals surface area (Å²) in [6, 6.07) is 6.39. The summed E-state index contributed by atoms with van der Waals surface area (Å²) in [4.78, 5) is 11.8. The van der Waals surface area contributed by atoms with Crippen LogP contribution in [-0.2, 0) is 11.3 Å². The highest BCUT2D eigenvalue weighted by atomic mass is 19.1. The van der Waals surface area contributed by atoms with Gasteiger partial charge in [0, 0.05) is 17.2 Å². The number of fused-ring (bicyclic) bond motifs is 3. The van der Waals surface area contributed by atoms with Crippen molar-refractivity contribution in [1.82, 2.24) is 0 Å². The number of phenolic OH excluding ortho intramolecular Hbond substituents is 2. The van der Waals surface area contributed by atoms with Crippen molar-refractivity contribution in [2.45, 2.75) is 6.61 Å². The number of cyclic esters (lactones) is 1. The van der Waals surface area contributed by atoms with Crippen molar-refractivity contribution in [3.63, 3.8) is 0 Å². The SMILES string of the molecule is O=C1OCc2cc(O)cc(F)c2-c2ccc(O)cc21. The van der Waals surface area contributed by atoms with Crippen LogP contribution in [0.1, 0.15) is 15.9 Å². The van der Waals surface area contributed by atoms with E-state index >= 15 is 0 Å². The summed E-state index contributed by atoms with van der Waals surface area (Å²) in [7, 11) is 0. The van der Waals surface area contributed by atoms with Crippen molar-refractivity contribution >= 4 is 5.97 Å². The minimum atomic E-state index is -0.639. The lowest BCUT2D eigenvalue weighted by Gasteiger charge is -2.09. The minimum absolute atomic E-state index is 0.0988. The molecular weight excluding hydrogens is 251 g/mol. The maximum Gasteiger partial charge on any atom is 0.339 e. The Morgan fingerprint density at radius 3 is 2.63 bits per heavy atom. The predicted molar refractivity (Wildman–Crippen MR) is 64.3 cm³/mol. The fourth-order valence-corrected chi connectivity index (χ4v) is 2.20. The number of phenols is 2. The average Bonchev–Trinajstić information content (AvgIpc) is 2.48. The van der Waals surface area contributed by atoms with Crippen molar-refractivity contribution in [2.24, 2.45) is 0 Å². The molecule has 0 bridgehead atoms. The fraction of sp³-hybridized carbons (Fsp3) is 0.0714. The fourth-order valence-electron chi connectivity index (χ4n) is 2.20. The molecule has 0 atom stereocenters. The van der Waals surface area contributed by atoms with Crippen molar-refractivity contribution in [1.29, 1.82) is 0 Å². The summed E-state index contributed by atoms with van der Waals surface area (Å²) in [6.07, 6.45) is 0. The first-order chi connectivity index (χ1) is 9.06. The summed E-state index contributed by atoms with van der Waals surface area (Å²) in [5, 5.41) is 18.8. The van der Waals surface area contributed by atoms with E-state index in [1.807, 2.05) is 0 Å². The smallest absolute Gasteiger partial charge is 0.339 e. The molecule has 96 valence electrons. The van der Waals surface area contributed by atoms with Gasteiger partial charge in [-0.2, -0.15) is 0 Å². The summed E-state index contributed by atoms with van der Waals surface area (Å²) >= 11 is 0. The highest BCUT2D eigenvalue weighted by Crippen LogP contribution is 2.37. The van der Waals surface area contributed by atoms with E-state index in [9.17, 15) is 19.4 Å². The van der Waals surface area contributed by atoms with Crippen LogP contribution in [-0.4, -0.2) is 16.2 Å². The molecule has 0 spiro atoms. The van der Waals surface area contributed by atoms with Gasteiger partial charge in [0.25, 0.3) is 0 Å². The Balaban J connectivity index is 2.36. The summed E-state index contributed by atoms with van der Waals surface area (Å²) in [5.74, 6) is -1.60. The van der Waals surface area contributed by atoms with E-state index < -0.39 is 11.8 Å². The van der Waals surface area contributed by atoms with Gasteiger partial charge in [-0.1, -0.05) is 0 Å². The van der Waals surface area contributed by atoms with E-state index in [0.717, 1.165) is 6.07 Å². The monoisotopic (exact) mass is 260 g/mol. The molecule has 2 aromatic carbocycles. The number of ether oxygens (including phenoxy) is 1. The third kappa shape index (κ3) is 1.79. The number of rotatable bonds is 0. The lowest BCUT2D eigenvalue weighted by atomic mass is 9.95. The van der Waals surface area contributed by atoms with Gasteiger partial charge in [-0.3, -0.25) is 0 Å². The van der Waals surface area contributed by atoms with E-state index in [1.165, 1.54) is 24.3 Å². The molecule has 19 heavy (non-hydrogen) atoms. The van der Waals surface area contributed by atoms with E-state index in [0.29, 0.717) is 11.1 Å². The van der Waals surface area contributed by atoms with E-state index in [-0.39, 0.29) is 29.2 Å². The van der Waals surface area contributed by atoms with Crippen LogP contribution in [0, 0.1) is 5.82 Å². The zero-order chi connectivity index (χ0) is 13.6. The molecule has 0 saturated heterocycles. The first-order valence-corrected chi connectivity index (χ1v) is 5.58. The molecule has 3 rings (SSSR count). The number of esters is 1. The Morgan fingerprint density at radius 2 is 1.84 bits per heavy atom. The van der Waals surface area contributed by atoms with E-state index in [1.54, 1.807) is 0 Å². The highest BCUT2D eigenvalue weighted by Gasteiger charge is 2.24. The molecule has 0 fully saturated rings. The summed E-state index contributed by atoms with van der Waals surface area (Å²) in [6.45, 7) is -0.130. The molecule has 0 unspecified atom stereocenters. The second-order valence-electron chi connectivity index (χ2n) is 4.27. The Hall–Kier alpha value is -2.56. The standard InChI is InChI=1S/C14H9FO4/c15-12-5-9(17)3-7-6-19-14(18)11-4-8(16)1-2-10(11)13(7)12/h1-5,16-17H,6H2. The van der Waals surface area contributed by atoms with Gasteiger partial charge in [0.2, 0.25) is 0 Å². The van der Waals surface area contributed by atoms with Crippen molar-refractivity contribution in [3.05, 3.63) is 47.3 Å². The van der Waals surface area contributed by atoms with Gasteiger partial charge in [0.15, 0.2) is 0 Å². The zero-order valence-corrected chi connectivity index (χ0v) is 9.68. The number of hydrogen-bond acceptors (Lipinski definition) is 4. The third-order valence-corrected chi connectivity index (χ3v) is 3.01. The van der Waals surface area contributed by atoms with Crippen molar-refractivity contribution in [2.75, 3.05) is 0 Å². The maximum absolute atomic E-state index is 14.0. The Bertz CT molecular complexity index is 694. The Kier molecular flexibility index (Phi) is 2.41. The zero-order valence-electron chi connectivity index (χ0n) is 9.68. The maximum atomic E-state index is 14.0. The molecule has 1 aliphatic heterocycles. The second-order valence-corrected chi connectivity index (χ2v) is 4.27. The topological polar surface area (TPSA) is 66.8 Å². The normalized spacial score (nSPS) is 13.2. The number of hydrogen-bond donors (Lipinski definition) is 2. The van der Waals surface area contributed by atoms with Gasteiger partial charge in [-0.15, -0.1) is 0 Å². The summed E-state index contributed by atoms with van der Waals surface area (Å²) < 4.78 is 19.0. The van der Waals surface area contributed by atoms with Gasteiger partial charge in [0.05, 0.1) is 5.56 Å². The molecule has 4 nitrogen and oxygen atoms in total. The molecular formula is C14H9FO4. The van der Waals surface area contributed by atoms with Crippen molar-refractivity contribution in [3.8, 4) is 22.6 Å². The van der Waals surface area contributed by atoms with Gasteiger partial charge >= 0.3 is 5.97 Å². The molecule has 2 aromatic rings. The highest BCUT2D eigenvalue weighted by molar-refractivity contribution is 5.99. The van der Waals surface area contributed by atoms with Crippen LogP contribution in [0.5, 0.6) is 11.5 Å². The molecule has 1 aliphatic rings. The molecule has 0 saturated carbocycles. The molecule has 2 N–H and O–H groups in total. The minimum Gasteiger partial charge on any atom is -0.508 e. The first kappa shape index (κ1) is 11.5. The van der Waals surface area contributed by atoms with Gasteiger partial charge in [0.1, 0.15) is 23.9 Å². The van der Waals surface area contributed by atoms with Gasteiger partial charge in [-0.05, 0) is 29.8 Å². The van der Waals surface area contributed by atoms with Gasteiger partial charge < -0.3 is 14.9 Å². The number of halogens is 1. The lowest BCUT2D eigenvalue weighted by molar-refractivity contribution is 0.0478. The number of carbonyl (C=O) groups is 1. The largest absolute Gasteiger partial charge is 0.508 e. The van der Waals surface area contributed by atoms with Crippen LogP contribution < -0.4 is 0 Å². The average molecular weight is 260 g/mol. The molecule has 1 heterocycles. The number of carbonyl (C=O) groups excluding carboxylic acids is 1. The predicted octanol–water partition coefficient (Wildman–Crippen LogP) is 2.57. The lowest BCUT2D eigenvalue weighted by Crippen LogP contribution is -2.02. The van der Waals surface area contributed by atoms with Crippen LogP contribution in [0.15, 0.2) is 30.3 Å². The van der Waals surface area contributed by atoms with Crippen molar-refractivity contribution < 1.29 is 24.1 Å². The van der Waals surface area contributed by atoms with Crippen LogP contribution in [0.4, 0.5) is 4.39 Å². The summed E-state index contributed by atoms with van der Waals surface area (Å²) in [5.41, 5.74) is 1.03. The van der Waals surface area contributed by atoms with Gasteiger partial charge in [-0.25, -0.2) is 9.18 Å². The second kappa shape index (κ2) is 3.98. The Labute approximate surface area is 107 Å². The van der Waals surface area contributed by atoms with Crippen LogP contribution in [0.2, 0.25) is 0 Å². The van der Waals surface area contributed by atoms with E-state index in [4.69, 9.17) is 4.74 Å². The number of aromatic hydroxyl groups is 2. The molecule has 0 aromatic heterocycles. The molecule has 0 radical (unpaired) electrons.